The van der Waals surface area contributed by atoms with Gasteiger partial charge >= 0.3 is 0 Å². The Bertz CT molecular complexity index is 748. The van der Waals surface area contributed by atoms with Gasteiger partial charge in [-0.05, 0) is 24.3 Å². The third-order valence-electron chi connectivity index (χ3n) is 2.46. The second-order valence-electron chi connectivity index (χ2n) is 3.89. The monoisotopic (exact) mass is 319 g/mol. The highest BCUT2D eigenvalue weighted by Gasteiger charge is 2.14. The van der Waals surface area contributed by atoms with Crippen LogP contribution in [0.25, 0.3) is 0 Å². The van der Waals surface area contributed by atoms with Crippen LogP contribution in [0.15, 0.2) is 46.5 Å². The van der Waals surface area contributed by atoms with Gasteiger partial charge in [0.05, 0.1) is 16.1 Å². The molecule has 0 fully saturated rings. The molecule has 0 radical (unpaired) electrons. The number of carbonyl (C=O) groups excluding carboxylic acids is 2. The molecule has 8 heteroatoms. The van der Waals surface area contributed by atoms with Crippen molar-refractivity contribution < 1.29 is 14.0 Å². The van der Waals surface area contributed by atoms with Crippen molar-refractivity contribution in [1.82, 2.24) is 4.98 Å². The van der Waals surface area contributed by atoms with Gasteiger partial charge in [0, 0.05) is 11.6 Å². The molecule has 21 heavy (non-hydrogen) atoms. The highest BCUT2D eigenvalue weighted by Crippen LogP contribution is 2.24. The maximum atomic E-state index is 12.0. The highest BCUT2D eigenvalue weighted by molar-refractivity contribution is 7.18. The van der Waals surface area contributed by atoms with E-state index in [0.29, 0.717) is 15.0 Å². The van der Waals surface area contributed by atoms with Crippen LogP contribution in [0.1, 0.15) is 20.2 Å². The number of amides is 2. The number of rotatable bonds is 4. The molecule has 3 heterocycles. The van der Waals surface area contributed by atoms with E-state index >= 15 is 0 Å². The Morgan fingerprint density at radius 1 is 1.14 bits per heavy atom. The van der Waals surface area contributed by atoms with Crippen molar-refractivity contribution in [1.29, 1.82) is 0 Å². The number of nitrogens with one attached hydrogen (secondary N) is 2. The number of carbonyl (C=O) groups is 2. The molecule has 0 aliphatic rings. The summed E-state index contributed by atoms with van der Waals surface area (Å²) in [5.41, 5.74) is 0. The predicted molar refractivity (Wildman–Crippen MR) is 81.0 cm³/mol. The lowest BCUT2D eigenvalue weighted by Crippen LogP contribution is -2.10. The smallest absolute Gasteiger partial charge is 0.291 e. The summed E-state index contributed by atoms with van der Waals surface area (Å²) in [5, 5.41) is 8.23. The fraction of sp³-hybridized carbons (Fsp3) is 0. The molecule has 2 N–H and O–H groups in total. The van der Waals surface area contributed by atoms with E-state index in [1.54, 1.807) is 35.8 Å². The van der Waals surface area contributed by atoms with E-state index in [9.17, 15) is 9.59 Å². The van der Waals surface area contributed by atoms with Gasteiger partial charge in [0.25, 0.3) is 11.8 Å². The van der Waals surface area contributed by atoms with Crippen LogP contribution in [-0.4, -0.2) is 16.8 Å². The molecule has 0 bridgehead atoms. The Labute approximate surface area is 127 Å². The number of hydrogen-bond acceptors (Lipinski definition) is 6. The first-order valence-electron chi connectivity index (χ1n) is 5.88. The van der Waals surface area contributed by atoms with Gasteiger partial charge in [0.1, 0.15) is 0 Å². The topological polar surface area (TPSA) is 84.2 Å². The van der Waals surface area contributed by atoms with E-state index in [2.05, 4.69) is 15.6 Å². The van der Waals surface area contributed by atoms with Crippen molar-refractivity contribution in [3.05, 3.63) is 52.7 Å². The number of thiazole rings is 1. The van der Waals surface area contributed by atoms with Gasteiger partial charge in [-0.2, -0.15) is 0 Å². The van der Waals surface area contributed by atoms with Crippen LogP contribution in [0.3, 0.4) is 0 Å². The molecular weight excluding hydrogens is 310 g/mol. The van der Waals surface area contributed by atoms with Crippen LogP contribution in [0, 0.1) is 0 Å². The van der Waals surface area contributed by atoms with E-state index in [1.807, 2.05) is 0 Å². The molecule has 0 saturated carbocycles. The van der Waals surface area contributed by atoms with Crippen LogP contribution in [0.5, 0.6) is 0 Å². The minimum absolute atomic E-state index is 0.220. The Morgan fingerprint density at radius 3 is 2.76 bits per heavy atom. The minimum atomic E-state index is -0.353. The van der Waals surface area contributed by atoms with Crippen LogP contribution in [0.2, 0.25) is 0 Å². The average Bonchev–Trinajstić information content (AvgIpc) is 3.21. The fourth-order valence-corrected chi connectivity index (χ4v) is 2.87. The predicted octanol–water partition coefficient (Wildman–Crippen LogP) is 3.30. The number of thiophene rings is 1. The molecule has 3 rings (SSSR count). The summed E-state index contributed by atoms with van der Waals surface area (Å²) in [7, 11) is 0. The van der Waals surface area contributed by atoms with E-state index in [1.165, 1.54) is 28.9 Å². The number of aromatic nitrogens is 1. The summed E-state index contributed by atoms with van der Waals surface area (Å²) in [5.74, 6) is -0.389. The molecule has 0 unspecified atom stereocenters. The van der Waals surface area contributed by atoms with E-state index in [-0.39, 0.29) is 17.6 Å². The maximum absolute atomic E-state index is 12.0. The normalized spacial score (nSPS) is 10.3. The number of hydrogen-bond donors (Lipinski definition) is 2. The quantitative estimate of drug-likeness (QED) is 0.772. The molecule has 0 atom stereocenters. The van der Waals surface area contributed by atoms with Crippen LogP contribution in [0.4, 0.5) is 10.1 Å². The van der Waals surface area contributed by atoms with Crippen LogP contribution >= 0.6 is 22.7 Å². The van der Waals surface area contributed by atoms with Crippen molar-refractivity contribution in [2.24, 2.45) is 0 Å². The first-order valence-corrected chi connectivity index (χ1v) is 7.57. The molecule has 2 amide bonds. The van der Waals surface area contributed by atoms with Gasteiger partial charge < -0.3 is 9.73 Å². The molecule has 0 aromatic carbocycles. The second-order valence-corrected chi connectivity index (χ2v) is 5.87. The van der Waals surface area contributed by atoms with Gasteiger partial charge in [0.15, 0.2) is 10.9 Å². The largest absolute Gasteiger partial charge is 0.459 e. The lowest BCUT2D eigenvalue weighted by molar-refractivity contribution is 0.0995. The highest BCUT2D eigenvalue weighted by atomic mass is 32.1. The van der Waals surface area contributed by atoms with Crippen molar-refractivity contribution >= 4 is 44.6 Å². The first kappa shape index (κ1) is 13.5. The summed E-state index contributed by atoms with van der Waals surface area (Å²) in [6.07, 6.45) is 3.04. The first-order chi connectivity index (χ1) is 10.2. The average molecular weight is 319 g/mol. The van der Waals surface area contributed by atoms with Gasteiger partial charge in [-0.3, -0.25) is 14.9 Å². The molecule has 0 spiro atoms. The van der Waals surface area contributed by atoms with Gasteiger partial charge in [-0.1, -0.05) is 0 Å². The molecule has 0 aliphatic carbocycles. The minimum Gasteiger partial charge on any atom is -0.459 e. The third-order valence-corrected chi connectivity index (χ3v) is 4.15. The Balaban J connectivity index is 1.66. The summed E-state index contributed by atoms with van der Waals surface area (Å²) >= 11 is 2.52. The lowest BCUT2D eigenvalue weighted by Gasteiger charge is -1.99. The number of furan rings is 1. The van der Waals surface area contributed by atoms with E-state index < -0.39 is 0 Å². The molecule has 6 nitrogen and oxygen atoms in total. The van der Waals surface area contributed by atoms with Gasteiger partial charge in [-0.15, -0.1) is 22.7 Å². The molecule has 0 aliphatic heterocycles. The summed E-state index contributed by atoms with van der Waals surface area (Å²) in [6.45, 7) is 0. The van der Waals surface area contributed by atoms with Crippen LogP contribution in [-0.2, 0) is 0 Å². The second kappa shape index (κ2) is 5.90. The number of anilines is 2. The van der Waals surface area contributed by atoms with Crippen molar-refractivity contribution in [3.63, 3.8) is 0 Å². The Hall–Kier alpha value is -2.45. The Morgan fingerprint density at radius 2 is 2.05 bits per heavy atom. The van der Waals surface area contributed by atoms with Crippen molar-refractivity contribution in [2.45, 2.75) is 0 Å². The zero-order valence-electron chi connectivity index (χ0n) is 10.5. The summed E-state index contributed by atoms with van der Waals surface area (Å²) < 4.78 is 5.00. The number of nitrogens with zero attached hydrogens (tertiary/aromatic N) is 1. The van der Waals surface area contributed by atoms with Crippen molar-refractivity contribution in [3.8, 4) is 0 Å². The zero-order valence-corrected chi connectivity index (χ0v) is 12.2. The van der Waals surface area contributed by atoms with E-state index in [4.69, 9.17) is 4.42 Å². The standard InChI is InChI=1S/C13H9N3O3S2/c17-11(8-2-1-6-19-8)15-10-4-3-9(21-10)12(18)16-13-14-5-7-20-13/h1-7H,(H,15,17)(H,14,16,18). The maximum Gasteiger partial charge on any atom is 0.291 e. The zero-order chi connectivity index (χ0) is 14.7. The molecule has 0 saturated heterocycles. The van der Waals surface area contributed by atoms with Gasteiger partial charge in [-0.25, -0.2) is 4.98 Å². The molecule has 3 aromatic rings. The molecule has 106 valence electrons. The third kappa shape index (κ3) is 3.18. The lowest BCUT2D eigenvalue weighted by atomic mass is 10.4. The van der Waals surface area contributed by atoms with Gasteiger partial charge in [0.2, 0.25) is 0 Å². The van der Waals surface area contributed by atoms with E-state index in [0.717, 1.165) is 0 Å². The van der Waals surface area contributed by atoms with Crippen molar-refractivity contribution in [2.75, 3.05) is 10.6 Å². The Kier molecular flexibility index (Phi) is 3.80. The van der Waals surface area contributed by atoms with Crippen LogP contribution < -0.4 is 10.6 Å². The molecule has 3 aromatic heterocycles. The summed E-state index contributed by atoms with van der Waals surface area (Å²) in [6, 6.07) is 6.52. The summed E-state index contributed by atoms with van der Waals surface area (Å²) in [4.78, 5) is 28.2. The fourth-order valence-electron chi connectivity index (χ4n) is 1.55. The SMILES string of the molecule is O=C(Nc1ccc(C(=O)Nc2nccs2)s1)c1ccco1. The molecular formula is C13H9N3O3S2.